The third kappa shape index (κ3) is 3.33. The van der Waals surface area contributed by atoms with E-state index in [0.717, 1.165) is 19.4 Å². The topological polar surface area (TPSA) is 84.3 Å². The predicted molar refractivity (Wildman–Crippen MR) is 76.7 cm³/mol. The minimum Gasteiger partial charge on any atom is -0.326 e. The summed E-state index contributed by atoms with van der Waals surface area (Å²) in [6.07, 6.45) is 1.64. The van der Waals surface area contributed by atoms with E-state index in [4.69, 9.17) is 0 Å². The number of aryl methyl sites for hydroxylation is 1. The molecule has 0 spiro atoms. The van der Waals surface area contributed by atoms with Crippen LogP contribution in [0.15, 0.2) is 18.2 Å². The molecular formula is C14H19N3O3. The molecule has 2 rings (SSSR count). The Morgan fingerprint density at radius 2 is 2.25 bits per heavy atom. The van der Waals surface area contributed by atoms with Crippen molar-refractivity contribution >= 4 is 17.3 Å². The molecule has 6 heteroatoms. The Balaban J connectivity index is 2.04. The summed E-state index contributed by atoms with van der Waals surface area (Å²) in [6, 6.07) is 4.99. The molecule has 108 valence electrons. The van der Waals surface area contributed by atoms with Crippen molar-refractivity contribution in [2.45, 2.75) is 32.7 Å². The van der Waals surface area contributed by atoms with Crippen LogP contribution in [0, 0.1) is 23.0 Å². The number of rotatable bonds is 3. The molecular weight excluding hydrogens is 258 g/mol. The average Bonchev–Trinajstić information content (AvgIpc) is 2.38. The molecule has 1 amide bonds. The van der Waals surface area contributed by atoms with Crippen molar-refractivity contribution in [1.82, 2.24) is 5.32 Å². The van der Waals surface area contributed by atoms with Gasteiger partial charge in [-0.05, 0) is 45.4 Å². The van der Waals surface area contributed by atoms with Gasteiger partial charge in [-0.15, -0.1) is 0 Å². The van der Waals surface area contributed by atoms with Crippen LogP contribution in [0.2, 0.25) is 0 Å². The average molecular weight is 277 g/mol. The quantitative estimate of drug-likeness (QED) is 0.655. The highest BCUT2D eigenvalue weighted by Crippen LogP contribution is 2.23. The smallest absolute Gasteiger partial charge is 0.272 e. The molecule has 1 fully saturated rings. The van der Waals surface area contributed by atoms with Gasteiger partial charge in [0.25, 0.3) is 5.69 Å². The van der Waals surface area contributed by atoms with Gasteiger partial charge < -0.3 is 10.6 Å². The van der Waals surface area contributed by atoms with Crippen molar-refractivity contribution in [1.29, 1.82) is 0 Å². The maximum Gasteiger partial charge on any atom is 0.272 e. The van der Waals surface area contributed by atoms with Crippen molar-refractivity contribution in [3.63, 3.8) is 0 Å². The van der Waals surface area contributed by atoms with Gasteiger partial charge >= 0.3 is 0 Å². The molecule has 1 aromatic rings. The lowest BCUT2D eigenvalue weighted by Gasteiger charge is -2.27. The summed E-state index contributed by atoms with van der Waals surface area (Å²) in [6.45, 7) is 4.58. The first kappa shape index (κ1) is 14.5. The number of carbonyl (C=O) groups is 1. The summed E-state index contributed by atoms with van der Waals surface area (Å²) < 4.78 is 0. The van der Waals surface area contributed by atoms with E-state index < -0.39 is 4.92 Å². The number of piperidine rings is 1. The summed E-state index contributed by atoms with van der Waals surface area (Å²) in [5.74, 6) is -0.00616. The third-order valence-corrected chi connectivity index (χ3v) is 3.66. The van der Waals surface area contributed by atoms with E-state index in [0.29, 0.717) is 17.3 Å². The van der Waals surface area contributed by atoms with E-state index in [1.807, 2.05) is 0 Å². The lowest BCUT2D eigenvalue weighted by atomic mass is 9.92. The number of hydrogen-bond donors (Lipinski definition) is 2. The lowest BCUT2D eigenvalue weighted by molar-refractivity contribution is -0.385. The zero-order valence-corrected chi connectivity index (χ0v) is 11.7. The van der Waals surface area contributed by atoms with Gasteiger partial charge in [0.2, 0.25) is 5.91 Å². The Hall–Kier alpha value is -1.95. The van der Waals surface area contributed by atoms with E-state index in [1.54, 1.807) is 19.1 Å². The molecule has 6 nitrogen and oxygen atoms in total. The molecule has 1 saturated heterocycles. The number of nitro groups is 1. The molecule has 1 aliphatic rings. The first-order valence-corrected chi connectivity index (χ1v) is 6.76. The Kier molecular flexibility index (Phi) is 4.34. The molecule has 1 aromatic carbocycles. The zero-order valence-electron chi connectivity index (χ0n) is 11.7. The molecule has 0 saturated carbocycles. The van der Waals surface area contributed by atoms with E-state index in [-0.39, 0.29) is 17.5 Å². The summed E-state index contributed by atoms with van der Waals surface area (Å²) in [4.78, 5) is 22.5. The van der Waals surface area contributed by atoms with Gasteiger partial charge in [0, 0.05) is 29.3 Å². The Bertz CT molecular complexity index is 530. The lowest BCUT2D eigenvalue weighted by Crippen LogP contribution is -2.40. The largest absolute Gasteiger partial charge is 0.326 e. The van der Waals surface area contributed by atoms with E-state index in [9.17, 15) is 14.9 Å². The summed E-state index contributed by atoms with van der Waals surface area (Å²) in [5.41, 5.74) is 1.23. The maximum absolute atomic E-state index is 12.2. The van der Waals surface area contributed by atoms with Gasteiger partial charge in [-0.3, -0.25) is 14.9 Å². The number of hydrogen-bond acceptors (Lipinski definition) is 4. The number of anilines is 1. The highest BCUT2D eigenvalue weighted by Gasteiger charge is 2.24. The maximum atomic E-state index is 12.2. The monoisotopic (exact) mass is 277 g/mol. The van der Waals surface area contributed by atoms with Gasteiger partial charge in [-0.25, -0.2) is 0 Å². The fourth-order valence-corrected chi connectivity index (χ4v) is 2.55. The molecule has 1 aliphatic heterocycles. The normalized spacial score (nSPS) is 22.3. The Morgan fingerprint density at radius 1 is 1.50 bits per heavy atom. The first-order chi connectivity index (χ1) is 9.47. The molecule has 20 heavy (non-hydrogen) atoms. The second-order valence-electron chi connectivity index (χ2n) is 5.32. The van der Waals surface area contributed by atoms with Gasteiger partial charge in [-0.1, -0.05) is 0 Å². The van der Waals surface area contributed by atoms with Crippen LogP contribution in [0.25, 0.3) is 0 Å². The highest BCUT2D eigenvalue weighted by atomic mass is 16.6. The molecule has 2 atom stereocenters. The second-order valence-corrected chi connectivity index (χ2v) is 5.32. The first-order valence-electron chi connectivity index (χ1n) is 6.76. The predicted octanol–water partition coefficient (Wildman–Crippen LogP) is 2.23. The molecule has 0 bridgehead atoms. The van der Waals surface area contributed by atoms with Crippen LogP contribution in [-0.4, -0.2) is 23.4 Å². The fourth-order valence-electron chi connectivity index (χ4n) is 2.55. The van der Waals surface area contributed by atoms with Crippen LogP contribution < -0.4 is 10.6 Å². The van der Waals surface area contributed by atoms with Crippen LogP contribution in [0.4, 0.5) is 11.4 Å². The van der Waals surface area contributed by atoms with Gasteiger partial charge in [-0.2, -0.15) is 0 Å². The van der Waals surface area contributed by atoms with Crippen molar-refractivity contribution in [2.24, 2.45) is 5.92 Å². The number of nitro benzene ring substituents is 1. The zero-order chi connectivity index (χ0) is 14.7. The van der Waals surface area contributed by atoms with Crippen LogP contribution >= 0.6 is 0 Å². The van der Waals surface area contributed by atoms with Gasteiger partial charge in [0.1, 0.15) is 0 Å². The Labute approximate surface area is 117 Å². The molecule has 0 aromatic heterocycles. The minimum atomic E-state index is -0.421. The third-order valence-electron chi connectivity index (χ3n) is 3.66. The van der Waals surface area contributed by atoms with Crippen LogP contribution in [0.3, 0.4) is 0 Å². The van der Waals surface area contributed by atoms with Crippen LogP contribution in [0.1, 0.15) is 25.3 Å². The second kappa shape index (κ2) is 6.00. The van der Waals surface area contributed by atoms with E-state index in [2.05, 4.69) is 17.6 Å². The van der Waals surface area contributed by atoms with Gasteiger partial charge in [0.05, 0.1) is 4.92 Å². The van der Waals surface area contributed by atoms with Crippen molar-refractivity contribution in [3.8, 4) is 0 Å². The minimum absolute atomic E-state index is 0.00162. The highest BCUT2D eigenvalue weighted by molar-refractivity contribution is 5.92. The molecule has 0 aliphatic carbocycles. The van der Waals surface area contributed by atoms with Crippen LogP contribution in [0.5, 0.6) is 0 Å². The number of nitrogens with zero attached hydrogens (tertiary/aromatic N) is 1. The van der Waals surface area contributed by atoms with E-state index >= 15 is 0 Å². The van der Waals surface area contributed by atoms with Crippen LogP contribution in [-0.2, 0) is 4.79 Å². The molecule has 0 radical (unpaired) electrons. The summed E-state index contributed by atoms with van der Waals surface area (Å²) in [5, 5.41) is 16.9. The number of benzene rings is 1. The fraction of sp³-hybridized carbons (Fsp3) is 0.500. The van der Waals surface area contributed by atoms with E-state index in [1.165, 1.54) is 6.07 Å². The molecule has 1 heterocycles. The molecule has 2 unspecified atom stereocenters. The van der Waals surface area contributed by atoms with Crippen molar-refractivity contribution in [2.75, 3.05) is 11.9 Å². The Morgan fingerprint density at radius 3 is 2.85 bits per heavy atom. The summed E-state index contributed by atoms with van der Waals surface area (Å²) >= 11 is 0. The SMILES string of the molecule is Cc1cc(NC(=O)C2CCNC(C)C2)ccc1[N+](=O)[O-]. The number of amides is 1. The molecule has 2 N–H and O–H groups in total. The van der Waals surface area contributed by atoms with Gasteiger partial charge in [0.15, 0.2) is 0 Å². The summed E-state index contributed by atoms with van der Waals surface area (Å²) in [7, 11) is 0. The van der Waals surface area contributed by atoms with Crippen molar-refractivity contribution < 1.29 is 9.72 Å². The number of carbonyl (C=O) groups excluding carboxylic acids is 1. The van der Waals surface area contributed by atoms with Crippen molar-refractivity contribution in [3.05, 3.63) is 33.9 Å². The standard InChI is InChI=1S/C14H19N3O3/c1-9-7-12(3-4-13(9)17(19)20)16-14(18)11-5-6-15-10(2)8-11/h3-4,7,10-11,15H,5-6,8H2,1-2H3,(H,16,18). The number of nitrogens with one attached hydrogen (secondary N) is 2.